The molecular weight excluding hydrogens is 487 g/mol. The van der Waals surface area contributed by atoms with Crippen molar-refractivity contribution >= 4 is 39.5 Å². The number of nitrogens with one attached hydrogen (secondary N) is 1. The maximum Gasteiger partial charge on any atom is 0.226 e. The number of ether oxygens (including phenoxy) is 1. The topological polar surface area (TPSA) is 114 Å². The lowest BCUT2D eigenvalue weighted by Crippen LogP contribution is -2.59. The summed E-state index contributed by atoms with van der Waals surface area (Å²) in [5.74, 6) is 1.33. The molecule has 0 radical (unpaired) electrons. The lowest BCUT2D eigenvalue weighted by atomic mass is 9.88. The van der Waals surface area contributed by atoms with Crippen LogP contribution in [-0.4, -0.2) is 52.8 Å². The first-order valence-electron chi connectivity index (χ1n) is 12.3. The number of hydrogen-bond donors (Lipinski definition) is 2. The largest absolute Gasteiger partial charge is 0.457 e. The van der Waals surface area contributed by atoms with Crippen LogP contribution in [0.4, 0.5) is 21.8 Å². The summed E-state index contributed by atoms with van der Waals surface area (Å²) in [5, 5.41) is 13.5. The van der Waals surface area contributed by atoms with Crippen LogP contribution in [0.25, 0.3) is 22.1 Å². The van der Waals surface area contributed by atoms with E-state index < -0.39 is 11.4 Å². The first kappa shape index (κ1) is 24.0. The van der Waals surface area contributed by atoms with Crippen LogP contribution in [0.3, 0.4) is 0 Å². The van der Waals surface area contributed by atoms with Gasteiger partial charge >= 0.3 is 0 Å². The van der Waals surface area contributed by atoms with Gasteiger partial charge in [0.2, 0.25) is 5.95 Å². The van der Waals surface area contributed by atoms with Crippen molar-refractivity contribution in [2.45, 2.75) is 38.8 Å². The van der Waals surface area contributed by atoms with Crippen molar-refractivity contribution in [1.29, 1.82) is 0 Å². The zero-order chi connectivity index (χ0) is 26.6. The van der Waals surface area contributed by atoms with Gasteiger partial charge < -0.3 is 24.6 Å². The smallest absolute Gasteiger partial charge is 0.226 e. The molecule has 194 valence electrons. The van der Waals surface area contributed by atoms with Crippen LogP contribution in [0.2, 0.25) is 0 Å². The number of anilines is 3. The Morgan fingerprint density at radius 3 is 2.71 bits per heavy atom. The summed E-state index contributed by atoms with van der Waals surface area (Å²) in [7, 11) is 1.92. The lowest BCUT2D eigenvalue weighted by molar-refractivity contribution is 0.0286. The van der Waals surface area contributed by atoms with Crippen molar-refractivity contribution in [1.82, 2.24) is 29.5 Å². The highest BCUT2D eigenvalue weighted by Gasteiger charge is 2.40. The Bertz CT molecular complexity index is 1680. The molecule has 1 aliphatic rings. The third-order valence-electron chi connectivity index (χ3n) is 6.97. The minimum atomic E-state index is -0.890. The van der Waals surface area contributed by atoms with Gasteiger partial charge in [0.25, 0.3) is 0 Å². The van der Waals surface area contributed by atoms with Crippen molar-refractivity contribution in [3.8, 4) is 11.5 Å². The molecule has 38 heavy (non-hydrogen) atoms. The normalized spacial score (nSPS) is 15.6. The molecule has 10 nitrogen and oxygen atoms in total. The summed E-state index contributed by atoms with van der Waals surface area (Å²) in [6, 6.07) is 8.79. The molecular formula is C27H27FN8O2. The van der Waals surface area contributed by atoms with E-state index in [1.807, 2.05) is 34.7 Å². The van der Waals surface area contributed by atoms with Gasteiger partial charge in [-0.2, -0.15) is 0 Å². The van der Waals surface area contributed by atoms with E-state index in [4.69, 9.17) is 4.74 Å². The Balaban J connectivity index is 1.28. The average Bonchev–Trinajstić information content (AvgIpc) is 3.22. The number of aliphatic hydroxyl groups is 1. The first-order valence-corrected chi connectivity index (χ1v) is 12.3. The van der Waals surface area contributed by atoms with Crippen molar-refractivity contribution in [3.63, 3.8) is 0 Å². The molecule has 1 saturated heterocycles. The van der Waals surface area contributed by atoms with Gasteiger partial charge in [-0.15, -0.1) is 0 Å². The van der Waals surface area contributed by atoms with Crippen LogP contribution < -0.4 is 15.0 Å². The SMILES string of the molecule is Cc1c(Oc2ccc3c(c2)ncn3C)ccc(Nc2ncnc3cnc(N4CC[C@H]4C(C)(C)O)nc23)c1F. The number of nitrogens with zero attached hydrogens (tertiary/aromatic N) is 7. The molecule has 0 aliphatic carbocycles. The Kier molecular flexibility index (Phi) is 5.60. The van der Waals surface area contributed by atoms with Crippen LogP contribution in [0.15, 0.2) is 49.2 Å². The summed E-state index contributed by atoms with van der Waals surface area (Å²) < 4.78 is 23.4. The number of hydrogen-bond acceptors (Lipinski definition) is 9. The molecule has 2 N–H and O–H groups in total. The number of fused-ring (bicyclic) bond motifs is 2. The fraction of sp³-hybridized carbons (Fsp3) is 0.296. The Morgan fingerprint density at radius 2 is 1.95 bits per heavy atom. The van der Waals surface area contributed by atoms with Crippen molar-refractivity contribution in [2.75, 3.05) is 16.8 Å². The number of benzene rings is 2. The molecule has 6 rings (SSSR count). The molecule has 0 amide bonds. The van der Waals surface area contributed by atoms with E-state index in [9.17, 15) is 5.11 Å². The molecule has 1 aliphatic heterocycles. The monoisotopic (exact) mass is 514 g/mol. The molecule has 11 heteroatoms. The molecule has 4 heterocycles. The minimum absolute atomic E-state index is 0.0907. The molecule has 3 aromatic heterocycles. The molecule has 0 spiro atoms. The van der Waals surface area contributed by atoms with Crippen LogP contribution in [-0.2, 0) is 7.05 Å². The van der Waals surface area contributed by atoms with Gasteiger partial charge in [-0.3, -0.25) is 0 Å². The van der Waals surface area contributed by atoms with Crippen molar-refractivity contribution < 1.29 is 14.2 Å². The third-order valence-corrected chi connectivity index (χ3v) is 6.97. The second-order valence-corrected chi connectivity index (χ2v) is 10.1. The highest BCUT2D eigenvalue weighted by atomic mass is 19.1. The third kappa shape index (κ3) is 4.14. The quantitative estimate of drug-likeness (QED) is 0.334. The fourth-order valence-electron chi connectivity index (χ4n) is 4.74. The van der Waals surface area contributed by atoms with Crippen LogP contribution in [0.5, 0.6) is 11.5 Å². The zero-order valence-corrected chi connectivity index (χ0v) is 21.5. The van der Waals surface area contributed by atoms with Gasteiger partial charge in [0.05, 0.1) is 40.9 Å². The minimum Gasteiger partial charge on any atom is -0.457 e. The van der Waals surface area contributed by atoms with Crippen LogP contribution in [0, 0.1) is 12.7 Å². The van der Waals surface area contributed by atoms with E-state index in [-0.39, 0.29) is 11.7 Å². The second kappa shape index (κ2) is 8.88. The predicted molar refractivity (Wildman–Crippen MR) is 142 cm³/mol. The van der Waals surface area contributed by atoms with E-state index >= 15 is 4.39 Å². The van der Waals surface area contributed by atoms with E-state index in [0.717, 1.165) is 24.0 Å². The molecule has 1 fully saturated rings. The van der Waals surface area contributed by atoms with Crippen LogP contribution >= 0.6 is 0 Å². The van der Waals surface area contributed by atoms with E-state index in [1.165, 1.54) is 6.33 Å². The van der Waals surface area contributed by atoms with E-state index in [0.29, 0.717) is 39.9 Å². The lowest BCUT2D eigenvalue weighted by Gasteiger charge is -2.47. The van der Waals surface area contributed by atoms with Crippen molar-refractivity contribution in [2.24, 2.45) is 7.05 Å². The predicted octanol–water partition coefficient (Wildman–Crippen LogP) is 4.64. The molecule has 0 unspecified atom stereocenters. The molecule has 0 saturated carbocycles. The first-order chi connectivity index (χ1) is 18.2. The standard InChI is InChI=1S/C27H27FN8O2/c1-15-21(38-16-5-7-20-18(11-16)32-14-35(20)4)8-6-17(23(15)28)33-25-24-19(30-13-31-25)12-29-26(34-24)36-10-9-22(36)27(2,3)37/h5-8,11-14,22,37H,9-10H2,1-4H3,(H,30,31,33)/t22-/m0/s1. The molecule has 5 aromatic rings. The zero-order valence-electron chi connectivity index (χ0n) is 21.5. The van der Waals surface area contributed by atoms with Gasteiger partial charge in [-0.05, 0) is 51.5 Å². The maximum atomic E-state index is 15.5. The average molecular weight is 515 g/mol. The fourth-order valence-corrected chi connectivity index (χ4v) is 4.74. The molecule has 2 aromatic carbocycles. The summed E-state index contributed by atoms with van der Waals surface area (Å²) in [4.78, 5) is 24.0. The Morgan fingerprint density at radius 1 is 1.11 bits per heavy atom. The maximum absolute atomic E-state index is 15.5. The second-order valence-electron chi connectivity index (χ2n) is 10.1. The summed E-state index contributed by atoms with van der Waals surface area (Å²) in [5.41, 5.74) is 2.44. The molecule has 1 atom stereocenters. The summed E-state index contributed by atoms with van der Waals surface area (Å²) in [6.45, 7) is 5.94. The van der Waals surface area contributed by atoms with Gasteiger partial charge in [-0.25, -0.2) is 29.3 Å². The van der Waals surface area contributed by atoms with Gasteiger partial charge in [0.15, 0.2) is 11.6 Å². The van der Waals surface area contributed by atoms with Crippen LogP contribution in [0.1, 0.15) is 25.8 Å². The van der Waals surface area contributed by atoms with Gasteiger partial charge in [-0.1, -0.05) is 0 Å². The number of imidazole rings is 1. The van der Waals surface area contributed by atoms with Gasteiger partial charge in [0.1, 0.15) is 28.9 Å². The number of rotatable bonds is 6. The highest BCUT2D eigenvalue weighted by Crippen LogP contribution is 2.35. The molecule has 0 bridgehead atoms. The number of aryl methyl sites for hydroxylation is 1. The Hall–Kier alpha value is -4.38. The summed E-state index contributed by atoms with van der Waals surface area (Å²) >= 11 is 0. The Labute approximate surface area is 218 Å². The van der Waals surface area contributed by atoms with E-state index in [1.54, 1.807) is 45.4 Å². The van der Waals surface area contributed by atoms with Crippen molar-refractivity contribution in [3.05, 3.63) is 60.6 Å². The highest BCUT2D eigenvalue weighted by molar-refractivity contribution is 5.87. The van der Waals surface area contributed by atoms with Gasteiger partial charge in [0, 0.05) is 25.2 Å². The number of aromatic nitrogens is 6. The summed E-state index contributed by atoms with van der Waals surface area (Å²) in [6.07, 6.45) is 5.57. The number of halogens is 1. The van der Waals surface area contributed by atoms with E-state index in [2.05, 4.69) is 30.2 Å².